The van der Waals surface area contributed by atoms with Crippen LogP contribution in [0.15, 0.2) is 36.0 Å². The Labute approximate surface area is 94.0 Å². The van der Waals surface area contributed by atoms with Crippen LogP contribution in [0.2, 0.25) is 5.02 Å². The van der Waals surface area contributed by atoms with Crippen LogP contribution in [-0.2, 0) is 10.0 Å². The van der Waals surface area contributed by atoms with Gasteiger partial charge in [0.2, 0.25) is 10.0 Å². The predicted molar refractivity (Wildman–Crippen MR) is 59.2 cm³/mol. The van der Waals surface area contributed by atoms with Gasteiger partial charge in [0.15, 0.2) is 0 Å². The van der Waals surface area contributed by atoms with E-state index in [0.717, 1.165) is 0 Å². The third kappa shape index (κ3) is 3.02. The molecular formula is C9H11ClN2O2S. The van der Waals surface area contributed by atoms with Gasteiger partial charge in [-0.2, -0.15) is 0 Å². The number of nitrogens with one attached hydrogen (secondary N) is 1. The van der Waals surface area contributed by atoms with Gasteiger partial charge in [-0.3, -0.25) is 4.98 Å². The molecule has 1 N–H and O–H groups in total. The monoisotopic (exact) mass is 246 g/mol. The molecule has 0 fully saturated rings. The molecule has 0 aliphatic heterocycles. The minimum Gasteiger partial charge on any atom is -0.263 e. The SMILES string of the molecule is C=CC(C)NS(=O)(=O)c1cnccc1Cl. The summed E-state index contributed by atoms with van der Waals surface area (Å²) in [5.74, 6) is 0. The van der Waals surface area contributed by atoms with Crippen molar-refractivity contribution in [1.82, 2.24) is 9.71 Å². The van der Waals surface area contributed by atoms with Crippen molar-refractivity contribution in [2.24, 2.45) is 0 Å². The van der Waals surface area contributed by atoms with Crippen molar-refractivity contribution in [2.75, 3.05) is 0 Å². The largest absolute Gasteiger partial charge is 0.263 e. The van der Waals surface area contributed by atoms with E-state index in [4.69, 9.17) is 11.6 Å². The Morgan fingerprint density at radius 1 is 1.67 bits per heavy atom. The van der Waals surface area contributed by atoms with Crippen LogP contribution >= 0.6 is 11.6 Å². The zero-order chi connectivity index (χ0) is 11.5. The average molecular weight is 247 g/mol. The second-order valence-corrected chi connectivity index (χ2v) is 5.04. The summed E-state index contributed by atoms with van der Waals surface area (Å²) in [5, 5.41) is 0.147. The number of pyridine rings is 1. The quantitative estimate of drug-likeness (QED) is 0.821. The topological polar surface area (TPSA) is 59.1 Å². The third-order valence-corrected chi connectivity index (χ3v) is 3.75. The smallest absolute Gasteiger partial charge is 0.244 e. The summed E-state index contributed by atoms with van der Waals surface area (Å²) in [4.78, 5) is 3.69. The average Bonchev–Trinajstić information content (AvgIpc) is 2.17. The fourth-order valence-corrected chi connectivity index (χ4v) is 2.56. The van der Waals surface area contributed by atoms with Crippen molar-refractivity contribution in [3.8, 4) is 0 Å². The van der Waals surface area contributed by atoms with Crippen LogP contribution in [0.25, 0.3) is 0 Å². The Morgan fingerprint density at radius 2 is 2.33 bits per heavy atom. The zero-order valence-electron chi connectivity index (χ0n) is 8.14. The Hall–Kier alpha value is -0.910. The molecular weight excluding hydrogens is 236 g/mol. The molecule has 1 atom stereocenters. The Morgan fingerprint density at radius 3 is 2.87 bits per heavy atom. The molecule has 0 saturated heterocycles. The van der Waals surface area contributed by atoms with E-state index in [1.165, 1.54) is 24.5 Å². The number of rotatable bonds is 4. The first-order chi connectivity index (χ1) is 6.97. The van der Waals surface area contributed by atoms with Gasteiger partial charge in [-0.15, -0.1) is 6.58 Å². The first-order valence-corrected chi connectivity index (χ1v) is 6.08. The zero-order valence-corrected chi connectivity index (χ0v) is 9.72. The number of sulfonamides is 1. The molecule has 4 nitrogen and oxygen atoms in total. The van der Waals surface area contributed by atoms with Gasteiger partial charge in [0.05, 0.1) is 5.02 Å². The van der Waals surface area contributed by atoms with Crippen LogP contribution < -0.4 is 4.72 Å². The molecule has 1 unspecified atom stereocenters. The standard InChI is InChI=1S/C9H11ClN2O2S/c1-3-7(2)12-15(13,14)9-6-11-5-4-8(9)10/h3-7,12H,1H2,2H3. The van der Waals surface area contributed by atoms with E-state index in [1.54, 1.807) is 6.92 Å². The second-order valence-electron chi connectivity index (χ2n) is 2.95. The van der Waals surface area contributed by atoms with Gasteiger partial charge < -0.3 is 0 Å². The van der Waals surface area contributed by atoms with Crippen LogP contribution in [0, 0.1) is 0 Å². The maximum absolute atomic E-state index is 11.7. The van der Waals surface area contributed by atoms with E-state index < -0.39 is 10.0 Å². The van der Waals surface area contributed by atoms with Crippen molar-refractivity contribution in [2.45, 2.75) is 17.9 Å². The summed E-state index contributed by atoms with van der Waals surface area (Å²) in [6.07, 6.45) is 4.13. The second kappa shape index (κ2) is 4.74. The highest BCUT2D eigenvalue weighted by atomic mass is 35.5. The number of nitrogens with zero attached hydrogens (tertiary/aromatic N) is 1. The summed E-state index contributed by atoms with van der Waals surface area (Å²) in [7, 11) is -3.62. The van der Waals surface area contributed by atoms with Gasteiger partial charge in [0, 0.05) is 18.4 Å². The lowest BCUT2D eigenvalue weighted by Gasteiger charge is -2.10. The maximum Gasteiger partial charge on any atom is 0.244 e. The molecule has 0 radical (unpaired) electrons. The maximum atomic E-state index is 11.7. The highest BCUT2D eigenvalue weighted by molar-refractivity contribution is 7.89. The van der Waals surface area contributed by atoms with Crippen molar-refractivity contribution < 1.29 is 8.42 Å². The van der Waals surface area contributed by atoms with E-state index in [0.29, 0.717) is 0 Å². The molecule has 0 spiro atoms. The molecule has 1 rings (SSSR count). The molecule has 82 valence electrons. The molecule has 15 heavy (non-hydrogen) atoms. The molecule has 1 heterocycles. The molecule has 6 heteroatoms. The van der Waals surface area contributed by atoms with Crippen molar-refractivity contribution in [3.63, 3.8) is 0 Å². The van der Waals surface area contributed by atoms with E-state index in [-0.39, 0.29) is 16.0 Å². The molecule has 0 aliphatic carbocycles. The summed E-state index contributed by atoms with van der Waals surface area (Å²) in [5.41, 5.74) is 0. The first-order valence-electron chi connectivity index (χ1n) is 4.22. The fourth-order valence-electron chi connectivity index (χ4n) is 0.917. The van der Waals surface area contributed by atoms with Crippen LogP contribution in [0.5, 0.6) is 0 Å². The lowest BCUT2D eigenvalue weighted by atomic mass is 10.4. The Kier molecular flexibility index (Phi) is 3.84. The van der Waals surface area contributed by atoms with Gasteiger partial charge in [-0.1, -0.05) is 17.7 Å². The minimum atomic E-state index is -3.62. The van der Waals surface area contributed by atoms with Crippen molar-refractivity contribution in [3.05, 3.63) is 36.1 Å². The number of hydrogen-bond donors (Lipinski definition) is 1. The molecule has 1 aromatic rings. The lowest BCUT2D eigenvalue weighted by Crippen LogP contribution is -2.31. The van der Waals surface area contributed by atoms with Gasteiger partial charge in [0.25, 0.3) is 0 Å². The molecule has 1 aromatic heterocycles. The van der Waals surface area contributed by atoms with Gasteiger partial charge in [0.1, 0.15) is 4.90 Å². The van der Waals surface area contributed by atoms with Gasteiger partial charge in [-0.05, 0) is 13.0 Å². The van der Waals surface area contributed by atoms with Crippen molar-refractivity contribution >= 4 is 21.6 Å². The molecule has 0 aliphatic rings. The number of hydrogen-bond acceptors (Lipinski definition) is 3. The van der Waals surface area contributed by atoms with Crippen LogP contribution in [0.4, 0.5) is 0 Å². The van der Waals surface area contributed by atoms with Crippen molar-refractivity contribution in [1.29, 1.82) is 0 Å². The normalized spacial score (nSPS) is 13.5. The third-order valence-electron chi connectivity index (χ3n) is 1.72. The van der Waals surface area contributed by atoms with E-state index >= 15 is 0 Å². The van der Waals surface area contributed by atoms with Gasteiger partial charge >= 0.3 is 0 Å². The molecule has 0 saturated carbocycles. The van der Waals surface area contributed by atoms with Gasteiger partial charge in [-0.25, -0.2) is 13.1 Å². The summed E-state index contributed by atoms with van der Waals surface area (Å²) >= 11 is 5.75. The van der Waals surface area contributed by atoms with E-state index in [1.807, 2.05) is 0 Å². The first kappa shape index (κ1) is 12.2. The highest BCUT2D eigenvalue weighted by Crippen LogP contribution is 2.19. The minimum absolute atomic E-state index is 0.0274. The Bertz CT molecular complexity index is 459. The van der Waals surface area contributed by atoms with Crippen LogP contribution in [0.1, 0.15) is 6.92 Å². The Balaban J connectivity index is 3.07. The van der Waals surface area contributed by atoms with Crippen LogP contribution in [0.3, 0.4) is 0 Å². The number of halogens is 1. The lowest BCUT2D eigenvalue weighted by molar-refractivity contribution is 0.576. The van der Waals surface area contributed by atoms with E-state index in [2.05, 4.69) is 16.3 Å². The summed E-state index contributed by atoms with van der Waals surface area (Å²) in [6, 6.07) is 1.07. The molecule has 0 bridgehead atoms. The van der Waals surface area contributed by atoms with Crippen LogP contribution in [-0.4, -0.2) is 19.4 Å². The summed E-state index contributed by atoms with van der Waals surface area (Å²) < 4.78 is 25.9. The number of aromatic nitrogens is 1. The summed E-state index contributed by atoms with van der Waals surface area (Å²) in [6.45, 7) is 5.16. The van der Waals surface area contributed by atoms with E-state index in [9.17, 15) is 8.42 Å². The molecule has 0 aromatic carbocycles. The molecule has 0 amide bonds. The highest BCUT2D eigenvalue weighted by Gasteiger charge is 2.19. The predicted octanol–water partition coefficient (Wildman–Crippen LogP) is 1.59. The fraction of sp³-hybridized carbons (Fsp3) is 0.222.